The van der Waals surface area contributed by atoms with Crippen LogP contribution in [0, 0.1) is 11.3 Å². The molecule has 9 nitrogen and oxygen atoms in total. The van der Waals surface area contributed by atoms with Gasteiger partial charge in [0.15, 0.2) is 11.7 Å². The van der Waals surface area contributed by atoms with E-state index in [-0.39, 0.29) is 42.5 Å². The van der Waals surface area contributed by atoms with Crippen molar-refractivity contribution in [2.24, 2.45) is 4.99 Å². The van der Waals surface area contributed by atoms with Crippen LogP contribution in [0.5, 0.6) is 5.75 Å². The number of nitriles is 1. The molecule has 37 heavy (non-hydrogen) atoms. The van der Waals surface area contributed by atoms with Crippen molar-refractivity contribution in [3.63, 3.8) is 0 Å². The predicted molar refractivity (Wildman–Crippen MR) is 141 cm³/mol. The summed E-state index contributed by atoms with van der Waals surface area (Å²) in [5.74, 6) is -0.415. The first kappa shape index (κ1) is 26.5. The summed E-state index contributed by atoms with van der Waals surface area (Å²) in [6.07, 6.45) is 1.99. The van der Waals surface area contributed by atoms with Gasteiger partial charge in [0.25, 0.3) is 5.91 Å². The van der Waals surface area contributed by atoms with Crippen LogP contribution in [0.2, 0.25) is 5.02 Å². The molecule has 1 heterocycles. The highest BCUT2D eigenvalue weighted by Gasteiger charge is 2.45. The van der Waals surface area contributed by atoms with Crippen molar-refractivity contribution in [2.45, 2.75) is 50.0 Å². The van der Waals surface area contributed by atoms with Crippen molar-refractivity contribution in [1.29, 1.82) is 5.26 Å². The first-order valence-corrected chi connectivity index (χ1v) is 12.7. The molecule has 4 rings (SSSR count). The molecule has 1 aliphatic carbocycles. The summed E-state index contributed by atoms with van der Waals surface area (Å²) in [5, 5.41) is 38.2. The number of nitrogens with one attached hydrogen (secondary N) is 3. The molecule has 1 fully saturated rings. The maximum Gasteiger partial charge on any atom is 0.251 e. The zero-order chi connectivity index (χ0) is 26.6. The first-order valence-electron chi connectivity index (χ1n) is 12.3. The first-order chi connectivity index (χ1) is 17.7. The number of nitrogens with zero attached hydrogens (tertiary/aromatic N) is 2. The van der Waals surface area contributed by atoms with Gasteiger partial charge in [-0.2, -0.15) is 5.26 Å². The second-order valence-electron chi connectivity index (χ2n) is 9.62. The number of ketones is 1. The molecule has 1 unspecified atom stereocenters. The van der Waals surface area contributed by atoms with Gasteiger partial charge in [-0.1, -0.05) is 24.6 Å². The number of guanidine groups is 1. The standard InChI is InChI=1S/C27H30ClN5O4/c1-2-16(17-5-19(10-20(28)6-17)27(15-29)3-4-27)8-23(35)12-30-25(37)18-7-21(11-22(34)9-18)33-26-31-13-24(36)14-32-26/h5-7,9-11,16,24,34,36H,2-4,8,12-14H2,1H3,(H,30,37)(H2,31,32,33)/t16-/m1/s1. The molecule has 0 saturated heterocycles. The van der Waals surface area contributed by atoms with E-state index in [0.29, 0.717) is 29.6 Å². The van der Waals surface area contributed by atoms with Gasteiger partial charge < -0.3 is 26.2 Å². The maximum absolute atomic E-state index is 12.8. The van der Waals surface area contributed by atoms with Gasteiger partial charge in [-0.25, -0.2) is 0 Å². The predicted octanol–water partition coefficient (Wildman–Crippen LogP) is 3.22. The molecule has 0 aromatic heterocycles. The number of phenols is 1. The van der Waals surface area contributed by atoms with Gasteiger partial charge >= 0.3 is 0 Å². The summed E-state index contributed by atoms with van der Waals surface area (Å²) in [5.41, 5.74) is 1.97. The van der Waals surface area contributed by atoms with Crippen LogP contribution < -0.4 is 16.0 Å². The molecule has 1 aliphatic heterocycles. The summed E-state index contributed by atoms with van der Waals surface area (Å²) in [4.78, 5) is 29.7. The van der Waals surface area contributed by atoms with E-state index >= 15 is 0 Å². The summed E-state index contributed by atoms with van der Waals surface area (Å²) < 4.78 is 0. The number of aliphatic hydroxyl groups is 1. The number of hydrogen-bond donors (Lipinski definition) is 5. The third-order valence-electron chi connectivity index (χ3n) is 6.73. The van der Waals surface area contributed by atoms with Crippen molar-refractivity contribution in [1.82, 2.24) is 10.6 Å². The van der Waals surface area contributed by atoms with Crippen molar-refractivity contribution in [3.05, 3.63) is 58.1 Å². The molecule has 2 aromatic carbocycles. The number of carbonyl (C=O) groups is 2. The third kappa shape index (κ3) is 6.59. The fourth-order valence-corrected chi connectivity index (χ4v) is 4.65. The normalized spacial score (nSPS) is 18.5. The number of benzene rings is 2. The number of aliphatic imine (C=N–C) groups is 1. The van der Waals surface area contributed by atoms with Crippen LogP contribution in [-0.4, -0.2) is 53.6 Å². The van der Waals surface area contributed by atoms with E-state index in [2.05, 4.69) is 27.0 Å². The number of carbonyl (C=O) groups excluding carboxylic acids is 2. The number of rotatable bonds is 9. The van der Waals surface area contributed by atoms with Crippen LogP contribution in [0.1, 0.15) is 60.0 Å². The fourth-order valence-electron chi connectivity index (χ4n) is 4.41. The van der Waals surface area contributed by atoms with E-state index in [0.717, 1.165) is 24.0 Å². The molecule has 0 bridgehead atoms. The molecule has 194 valence electrons. The molecule has 0 radical (unpaired) electrons. The number of β-amino-alcohol motifs (C(OH)–C–C–N with tert-alkyl or cyclic N) is 1. The van der Waals surface area contributed by atoms with E-state index < -0.39 is 17.4 Å². The van der Waals surface area contributed by atoms with Crippen molar-refractivity contribution < 1.29 is 19.8 Å². The Labute approximate surface area is 220 Å². The van der Waals surface area contributed by atoms with Gasteiger partial charge in [-0.3, -0.25) is 14.6 Å². The lowest BCUT2D eigenvalue weighted by Gasteiger charge is -2.20. The zero-order valence-corrected chi connectivity index (χ0v) is 21.3. The minimum atomic E-state index is -0.561. The van der Waals surface area contributed by atoms with Crippen LogP contribution >= 0.6 is 11.6 Å². The largest absolute Gasteiger partial charge is 0.508 e. The monoisotopic (exact) mass is 523 g/mol. The zero-order valence-electron chi connectivity index (χ0n) is 20.6. The number of aromatic hydroxyl groups is 1. The fraction of sp³-hybridized carbons (Fsp3) is 0.407. The summed E-state index contributed by atoms with van der Waals surface area (Å²) >= 11 is 6.34. The molecular weight excluding hydrogens is 494 g/mol. The molecule has 2 aliphatic rings. The molecule has 0 spiro atoms. The minimum Gasteiger partial charge on any atom is -0.508 e. The average molecular weight is 524 g/mol. The Balaban J connectivity index is 1.37. The highest BCUT2D eigenvalue weighted by atomic mass is 35.5. The van der Waals surface area contributed by atoms with Crippen molar-refractivity contribution in [3.8, 4) is 11.8 Å². The smallest absolute Gasteiger partial charge is 0.251 e. The lowest BCUT2D eigenvalue weighted by atomic mass is 9.87. The van der Waals surface area contributed by atoms with Crippen LogP contribution in [0.3, 0.4) is 0 Å². The number of Topliss-reactive ketones (excluding diaryl/α,β-unsaturated/α-hetero) is 1. The molecule has 2 aromatic rings. The molecule has 5 N–H and O–H groups in total. The number of amides is 1. The van der Waals surface area contributed by atoms with Crippen molar-refractivity contribution >= 4 is 34.9 Å². The summed E-state index contributed by atoms with van der Waals surface area (Å²) in [7, 11) is 0. The summed E-state index contributed by atoms with van der Waals surface area (Å²) in [6.45, 7) is 2.42. The van der Waals surface area contributed by atoms with E-state index in [4.69, 9.17) is 11.6 Å². The van der Waals surface area contributed by atoms with Crippen LogP contribution in [-0.2, 0) is 10.2 Å². The Morgan fingerprint density at radius 3 is 2.70 bits per heavy atom. The summed E-state index contributed by atoms with van der Waals surface area (Å²) in [6, 6.07) is 12.3. The number of hydrogen-bond acceptors (Lipinski definition) is 8. The van der Waals surface area contributed by atoms with Crippen LogP contribution in [0.15, 0.2) is 41.4 Å². The minimum absolute atomic E-state index is 0.0878. The number of anilines is 1. The molecule has 1 saturated carbocycles. The third-order valence-corrected chi connectivity index (χ3v) is 6.95. The van der Waals surface area contributed by atoms with Crippen LogP contribution in [0.25, 0.3) is 0 Å². The lowest BCUT2D eigenvalue weighted by molar-refractivity contribution is -0.118. The Morgan fingerprint density at radius 1 is 1.27 bits per heavy atom. The highest BCUT2D eigenvalue weighted by molar-refractivity contribution is 6.30. The topological polar surface area (TPSA) is 147 Å². The van der Waals surface area contributed by atoms with E-state index in [9.17, 15) is 25.1 Å². The number of halogens is 1. The van der Waals surface area contributed by atoms with Gasteiger partial charge in [-0.05, 0) is 60.6 Å². The second kappa shape index (κ2) is 11.2. The van der Waals surface area contributed by atoms with Gasteiger partial charge in [0.1, 0.15) is 5.75 Å². The average Bonchev–Trinajstić information content (AvgIpc) is 3.68. The Morgan fingerprint density at radius 2 is 2.05 bits per heavy atom. The van der Waals surface area contributed by atoms with Gasteiger partial charge in [0.2, 0.25) is 0 Å². The van der Waals surface area contributed by atoms with Crippen LogP contribution in [0.4, 0.5) is 5.69 Å². The second-order valence-corrected chi connectivity index (χ2v) is 10.1. The number of phenolic OH excluding ortho intramolecular Hbond substituents is 1. The molecule has 2 atom stereocenters. The molecular formula is C27H30ClN5O4. The lowest BCUT2D eigenvalue weighted by Crippen LogP contribution is -2.42. The molecule has 10 heteroatoms. The van der Waals surface area contributed by atoms with Gasteiger partial charge in [0, 0.05) is 35.3 Å². The maximum atomic E-state index is 12.8. The van der Waals surface area contributed by atoms with E-state index in [1.807, 2.05) is 25.1 Å². The highest BCUT2D eigenvalue weighted by Crippen LogP contribution is 2.48. The molecule has 1 amide bonds. The Hall–Kier alpha value is -3.61. The van der Waals surface area contributed by atoms with Gasteiger partial charge in [-0.15, -0.1) is 0 Å². The SMILES string of the molecule is CC[C@H](CC(=O)CNC(=O)c1cc(O)cc(NC2=NCC(O)CN2)c1)c1cc(Cl)cc(C2(C#N)CC2)c1. The van der Waals surface area contributed by atoms with Crippen molar-refractivity contribution in [2.75, 3.05) is 25.0 Å². The van der Waals surface area contributed by atoms with E-state index in [1.54, 1.807) is 6.07 Å². The number of aliphatic hydroxyl groups excluding tert-OH is 1. The Kier molecular flexibility index (Phi) is 8.00. The van der Waals surface area contributed by atoms with Gasteiger partial charge in [0.05, 0.1) is 30.7 Å². The van der Waals surface area contributed by atoms with E-state index in [1.165, 1.54) is 12.1 Å². The Bertz CT molecular complexity index is 1270. The quantitative estimate of drug-likeness (QED) is 0.339.